The van der Waals surface area contributed by atoms with Gasteiger partial charge in [0.25, 0.3) is 5.56 Å². The molecule has 0 aliphatic carbocycles. The van der Waals surface area contributed by atoms with Crippen molar-refractivity contribution in [1.82, 2.24) is 14.5 Å². The zero-order valence-electron chi connectivity index (χ0n) is 14.6. The van der Waals surface area contributed by atoms with E-state index in [1.165, 1.54) is 6.20 Å². The van der Waals surface area contributed by atoms with E-state index in [1.807, 2.05) is 30.3 Å². The summed E-state index contributed by atoms with van der Waals surface area (Å²) in [5.41, 5.74) is 0.303. The lowest BCUT2D eigenvalue weighted by Gasteiger charge is -2.49. The van der Waals surface area contributed by atoms with Gasteiger partial charge in [-0.05, 0) is 13.5 Å². The fourth-order valence-electron chi connectivity index (χ4n) is 3.52. The first kappa shape index (κ1) is 16.9. The van der Waals surface area contributed by atoms with E-state index in [1.54, 1.807) is 10.8 Å². The van der Waals surface area contributed by atoms with Crippen LogP contribution in [0.3, 0.4) is 0 Å². The first-order valence-electron chi connectivity index (χ1n) is 8.34. The first-order chi connectivity index (χ1) is 11.3. The summed E-state index contributed by atoms with van der Waals surface area (Å²) in [4.78, 5) is 18.7. The van der Waals surface area contributed by atoms with Gasteiger partial charge in [0, 0.05) is 30.3 Å². The Morgan fingerprint density at radius 3 is 2.62 bits per heavy atom. The van der Waals surface area contributed by atoms with Crippen molar-refractivity contribution in [3.8, 4) is 11.3 Å². The standard InChI is InChI=1S/C19H25N3O2/c1-18(2)13-21(3)10-9-19(18,24)14-22-12-16(20-11-17(22)23)15-7-5-4-6-8-15/h4-8,11-12,24H,9-10,13-14H2,1-3H3. The molecule has 5 nitrogen and oxygen atoms in total. The summed E-state index contributed by atoms with van der Waals surface area (Å²) in [6.07, 6.45) is 3.74. The molecule has 1 saturated heterocycles. The topological polar surface area (TPSA) is 58.4 Å². The average Bonchev–Trinajstić information content (AvgIpc) is 2.54. The molecule has 1 atom stereocenters. The highest BCUT2D eigenvalue weighted by Gasteiger charge is 2.47. The SMILES string of the molecule is CN1CCC(O)(Cn2cc(-c3ccccc3)ncc2=O)C(C)(C)C1. The molecule has 1 aromatic heterocycles. The number of piperidine rings is 1. The van der Waals surface area contributed by atoms with Crippen molar-refractivity contribution in [2.45, 2.75) is 32.4 Å². The third-order valence-electron chi connectivity index (χ3n) is 5.21. The number of benzene rings is 1. The highest BCUT2D eigenvalue weighted by molar-refractivity contribution is 5.57. The Balaban J connectivity index is 1.94. The molecular formula is C19H25N3O2. The van der Waals surface area contributed by atoms with Crippen molar-refractivity contribution in [2.24, 2.45) is 5.41 Å². The number of nitrogens with zero attached hydrogens (tertiary/aromatic N) is 3. The summed E-state index contributed by atoms with van der Waals surface area (Å²) in [7, 11) is 2.06. The molecule has 24 heavy (non-hydrogen) atoms. The van der Waals surface area contributed by atoms with Crippen molar-refractivity contribution in [2.75, 3.05) is 20.1 Å². The molecule has 3 rings (SSSR count). The third-order valence-corrected chi connectivity index (χ3v) is 5.21. The molecule has 0 bridgehead atoms. The molecule has 0 spiro atoms. The third kappa shape index (κ3) is 3.14. The molecule has 1 fully saturated rings. The Morgan fingerprint density at radius 1 is 1.25 bits per heavy atom. The van der Waals surface area contributed by atoms with Gasteiger partial charge in [0.15, 0.2) is 0 Å². The maximum absolute atomic E-state index is 12.3. The van der Waals surface area contributed by atoms with E-state index in [0.29, 0.717) is 6.42 Å². The fraction of sp³-hybridized carbons (Fsp3) is 0.474. The van der Waals surface area contributed by atoms with Crippen LogP contribution in [0, 0.1) is 5.41 Å². The Bertz CT molecular complexity index is 770. The number of likely N-dealkylation sites (tertiary alicyclic amines) is 1. The summed E-state index contributed by atoms with van der Waals surface area (Å²) < 4.78 is 1.60. The van der Waals surface area contributed by atoms with Crippen LogP contribution in [-0.4, -0.2) is 45.3 Å². The van der Waals surface area contributed by atoms with Gasteiger partial charge in [0.2, 0.25) is 0 Å². The average molecular weight is 327 g/mol. The summed E-state index contributed by atoms with van der Waals surface area (Å²) >= 11 is 0. The van der Waals surface area contributed by atoms with Crippen molar-refractivity contribution >= 4 is 0 Å². The van der Waals surface area contributed by atoms with Gasteiger partial charge in [0.05, 0.1) is 24.0 Å². The normalized spacial score (nSPS) is 24.0. The van der Waals surface area contributed by atoms with Gasteiger partial charge >= 0.3 is 0 Å². The number of rotatable bonds is 3. The highest BCUT2D eigenvalue weighted by atomic mass is 16.3. The monoisotopic (exact) mass is 327 g/mol. The van der Waals surface area contributed by atoms with E-state index in [2.05, 4.69) is 30.8 Å². The molecule has 1 N–H and O–H groups in total. The van der Waals surface area contributed by atoms with Crippen LogP contribution in [-0.2, 0) is 6.54 Å². The van der Waals surface area contributed by atoms with Crippen LogP contribution < -0.4 is 5.56 Å². The predicted molar refractivity (Wildman–Crippen MR) is 94.8 cm³/mol. The lowest BCUT2D eigenvalue weighted by atomic mass is 9.70. The Labute approximate surface area is 142 Å². The largest absolute Gasteiger partial charge is 0.387 e. The summed E-state index contributed by atoms with van der Waals surface area (Å²) in [5.74, 6) is 0. The molecule has 2 aromatic rings. The van der Waals surface area contributed by atoms with Gasteiger partial charge < -0.3 is 14.6 Å². The van der Waals surface area contributed by atoms with Crippen LogP contribution in [0.25, 0.3) is 11.3 Å². The van der Waals surface area contributed by atoms with Gasteiger partial charge in [-0.1, -0.05) is 44.2 Å². The second kappa shape index (κ2) is 6.15. The summed E-state index contributed by atoms with van der Waals surface area (Å²) in [6.45, 7) is 6.04. The molecule has 1 aromatic carbocycles. The van der Waals surface area contributed by atoms with Crippen molar-refractivity contribution in [1.29, 1.82) is 0 Å². The molecular weight excluding hydrogens is 302 g/mol. The van der Waals surface area contributed by atoms with Gasteiger partial charge in [-0.2, -0.15) is 0 Å². The van der Waals surface area contributed by atoms with E-state index >= 15 is 0 Å². The lowest BCUT2D eigenvalue weighted by Crippen LogP contribution is -2.59. The maximum Gasteiger partial charge on any atom is 0.269 e. The molecule has 1 aliphatic heterocycles. The molecule has 0 amide bonds. The smallest absolute Gasteiger partial charge is 0.269 e. The molecule has 0 radical (unpaired) electrons. The molecule has 1 unspecified atom stereocenters. The molecule has 1 aliphatic rings. The van der Waals surface area contributed by atoms with E-state index in [-0.39, 0.29) is 17.5 Å². The van der Waals surface area contributed by atoms with Crippen LogP contribution in [0.5, 0.6) is 0 Å². The quantitative estimate of drug-likeness (QED) is 0.937. The molecule has 128 valence electrons. The lowest BCUT2D eigenvalue weighted by molar-refractivity contribution is -0.124. The minimum atomic E-state index is -0.918. The van der Waals surface area contributed by atoms with Crippen LogP contribution in [0.4, 0.5) is 0 Å². The van der Waals surface area contributed by atoms with Gasteiger partial charge in [0.1, 0.15) is 0 Å². The Hall–Kier alpha value is -1.98. The van der Waals surface area contributed by atoms with Crippen LogP contribution >= 0.6 is 0 Å². The summed E-state index contributed by atoms with van der Waals surface area (Å²) in [5, 5.41) is 11.2. The Morgan fingerprint density at radius 2 is 1.96 bits per heavy atom. The van der Waals surface area contributed by atoms with Gasteiger partial charge in [-0.25, -0.2) is 4.98 Å². The predicted octanol–water partition coefficient (Wildman–Crippen LogP) is 2.00. The number of aliphatic hydroxyl groups is 1. The molecule has 2 heterocycles. The van der Waals surface area contributed by atoms with Crippen LogP contribution in [0.1, 0.15) is 20.3 Å². The highest BCUT2D eigenvalue weighted by Crippen LogP contribution is 2.39. The molecule has 0 saturated carbocycles. The minimum Gasteiger partial charge on any atom is -0.387 e. The second-order valence-electron chi connectivity index (χ2n) is 7.51. The minimum absolute atomic E-state index is 0.183. The second-order valence-corrected chi connectivity index (χ2v) is 7.51. The van der Waals surface area contributed by atoms with E-state index in [0.717, 1.165) is 24.3 Å². The summed E-state index contributed by atoms with van der Waals surface area (Å²) in [6, 6.07) is 9.76. The van der Waals surface area contributed by atoms with Gasteiger partial charge in [-0.3, -0.25) is 4.79 Å². The van der Waals surface area contributed by atoms with E-state index < -0.39 is 5.60 Å². The molecule has 5 heteroatoms. The van der Waals surface area contributed by atoms with Crippen molar-refractivity contribution in [3.05, 3.63) is 53.1 Å². The van der Waals surface area contributed by atoms with Crippen LogP contribution in [0.2, 0.25) is 0 Å². The Kier molecular flexibility index (Phi) is 4.32. The van der Waals surface area contributed by atoms with E-state index in [4.69, 9.17) is 0 Å². The maximum atomic E-state index is 12.3. The first-order valence-corrected chi connectivity index (χ1v) is 8.34. The fourth-order valence-corrected chi connectivity index (χ4v) is 3.52. The zero-order chi connectivity index (χ0) is 17.4. The number of aromatic nitrogens is 2. The number of hydrogen-bond donors (Lipinski definition) is 1. The number of hydrogen-bond acceptors (Lipinski definition) is 4. The van der Waals surface area contributed by atoms with Gasteiger partial charge in [-0.15, -0.1) is 0 Å². The van der Waals surface area contributed by atoms with Crippen LogP contribution in [0.15, 0.2) is 47.5 Å². The van der Waals surface area contributed by atoms with Crippen molar-refractivity contribution < 1.29 is 5.11 Å². The van der Waals surface area contributed by atoms with E-state index in [9.17, 15) is 9.90 Å². The van der Waals surface area contributed by atoms with Crippen molar-refractivity contribution in [3.63, 3.8) is 0 Å². The zero-order valence-corrected chi connectivity index (χ0v) is 14.6.